The fourth-order valence-electron chi connectivity index (χ4n) is 1.58. The van der Waals surface area contributed by atoms with Gasteiger partial charge in [-0.1, -0.05) is 0 Å². The van der Waals surface area contributed by atoms with E-state index in [9.17, 15) is 9.59 Å². The van der Waals surface area contributed by atoms with Gasteiger partial charge < -0.3 is 10.2 Å². The standard InChI is InChI=1S/C10H11BrN2O2S/c11-8-4-7(6-16-8)10(15)13-3-1-2-12-9(14)5-13/h4,6H,1-3,5H2,(H,12,14). The molecule has 2 amide bonds. The Bertz CT molecular complexity index is 419. The van der Waals surface area contributed by atoms with Crippen LogP contribution < -0.4 is 5.32 Å². The van der Waals surface area contributed by atoms with Gasteiger partial charge in [-0.15, -0.1) is 11.3 Å². The first-order valence-electron chi connectivity index (χ1n) is 4.97. The van der Waals surface area contributed by atoms with Crippen molar-refractivity contribution in [2.45, 2.75) is 6.42 Å². The third-order valence-electron chi connectivity index (χ3n) is 2.36. The Labute approximate surface area is 106 Å². The zero-order valence-electron chi connectivity index (χ0n) is 8.53. The van der Waals surface area contributed by atoms with Gasteiger partial charge in [0.15, 0.2) is 0 Å². The van der Waals surface area contributed by atoms with Crippen molar-refractivity contribution in [3.63, 3.8) is 0 Å². The maximum atomic E-state index is 12.0. The first-order chi connectivity index (χ1) is 7.66. The summed E-state index contributed by atoms with van der Waals surface area (Å²) in [7, 11) is 0. The fourth-order valence-corrected chi connectivity index (χ4v) is 2.71. The molecule has 0 unspecified atom stereocenters. The van der Waals surface area contributed by atoms with Crippen LogP contribution in [0.25, 0.3) is 0 Å². The van der Waals surface area contributed by atoms with E-state index in [0.29, 0.717) is 18.7 Å². The van der Waals surface area contributed by atoms with Gasteiger partial charge in [-0.25, -0.2) is 0 Å². The Kier molecular flexibility index (Phi) is 3.60. The Morgan fingerprint density at radius 1 is 1.56 bits per heavy atom. The predicted molar refractivity (Wildman–Crippen MR) is 65.5 cm³/mol. The van der Waals surface area contributed by atoms with Gasteiger partial charge in [-0.05, 0) is 28.4 Å². The molecule has 1 aromatic rings. The van der Waals surface area contributed by atoms with Gasteiger partial charge >= 0.3 is 0 Å². The van der Waals surface area contributed by atoms with E-state index in [0.717, 1.165) is 10.2 Å². The van der Waals surface area contributed by atoms with E-state index in [1.807, 2.05) is 0 Å². The Hall–Kier alpha value is -0.880. The third-order valence-corrected chi connectivity index (χ3v) is 3.87. The summed E-state index contributed by atoms with van der Waals surface area (Å²) in [6.07, 6.45) is 0.808. The molecule has 86 valence electrons. The molecule has 0 bridgehead atoms. The van der Waals surface area contributed by atoms with Gasteiger partial charge in [0.1, 0.15) is 0 Å². The zero-order valence-corrected chi connectivity index (χ0v) is 10.9. The van der Waals surface area contributed by atoms with Crippen LogP contribution in [0.15, 0.2) is 15.2 Å². The summed E-state index contributed by atoms with van der Waals surface area (Å²) < 4.78 is 0.926. The maximum Gasteiger partial charge on any atom is 0.255 e. The number of nitrogens with one attached hydrogen (secondary N) is 1. The molecule has 4 nitrogen and oxygen atoms in total. The Balaban J connectivity index is 2.11. The third kappa shape index (κ3) is 2.62. The van der Waals surface area contributed by atoms with Crippen LogP contribution in [0.2, 0.25) is 0 Å². The molecule has 1 aliphatic heterocycles. The molecular weight excluding hydrogens is 292 g/mol. The highest BCUT2D eigenvalue weighted by Gasteiger charge is 2.21. The Morgan fingerprint density at radius 2 is 2.38 bits per heavy atom. The number of carbonyl (C=O) groups excluding carboxylic acids is 2. The zero-order chi connectivity index (χ0) is 11.5. The number of hydrogen-bond donors (Lipinski definition) is 1. The summed E-state index contributed by atoms with van der Waals surface area (Å²) in [5.74, 6) is -0.154. The van der Waals surface area contributed by atoms with Gasteiger partial charge in [0.25, 0.3) is 5.91 Å². The highest BCUT2D eigenvalue weighted by atomic mass is 79.9. The summed E-state index contributed by atoms with van der Waals surface area (Å²) >= 11 is 4.79. The molecule has 0 radical (unpaired) electrons. The van der Waals surface area contributed by atoms with E-state index in [1.165, 1.54) is 11.3 Å². The first kappa shape index (κ1) is 11.6. The highest BCUT2D eigenvalue weighted by molar-refractivity contribution is 9.11. The van der Waals surface area contributed by atoms with Crippen LogP contribution >= 0.6 is 27.3 Å². The van der Waals surface area contributed by atoms with E-state index >= 15 is 0 Å². The number of amides is 2. The average Bonchev–Trinajstić information content (AvgIpc) is 2.56. The van der Waals surface area contributed by atoms with Gasteiger partial charge in [0, 0.05) is 18.5 Å². The second-order valence-electron chi connectivity index (χ2n) is 3.57. The normalized spacial score (nSPS) is 16.8. The predicted octanol–water partition coefficient (Wildman–Crippen LogP) is 1.47. The minimum Gasteiger partial charge on any atom is -0.354 e. The van der Waals surface area contributed by atoms with Crippen molar-refractivity contribution >= 4 is 39.1 Å². The molecule has 0 spiro atoms. The van der Waals surface area contributed by atoms with E-state index in [4.69, 9.17) is 0 Å². The number of thiophene rings is 1. The monoisotopic (exact) mass is 302 g/mol. The van der Waals surface area contributed by atoms with Crippen LogP contribution in [-0.2, 0) is 4.79 Å². The van der Waals surface area contributed by atoms with Crippen molar-refractivity contribution in [2.24, 2.45) is 0 Å². The van der Waals surface area contributed by atoms with Crippen LogP contribution in [0.1, 0.15) is 16.8 Å². The van der Waals surface area contributed by atoms with Crippen molar-refractivity contribution in [1.29, 1.82) is 0 Å². The SMILES string of the molecule is O=C1CN(C(=O)c2csc(Br)c2)CCCN1. The topological polar surface area (TPSA) is 49.4 Å². The second kappa shape index (κ2) is 4.97. The van der Waals surface area contributed by atoms with Crippen molar-refractivity contribution in [1.82, 2.24) is 10.2 Å². The molecule has 1 saturated heterocycles. The minimum absolute atomic E-state index is 0.0704. The van der Waals surface area contributed by atoms with Gasteiger partial charge in [-0.2, -0.15) is 0 Å². The molecule has 16 heavy (non-hydrogen) atoms. The molecule has 1 fully saturated rings. The number of nitrogens with zero attached hydrogens (tertiary/aromatic N) is 1. The molecule has 0 aliphatic carbocycles. The molecule has 6 heteroatoms. The summed E-state index contributed by atoms with van der Waals surface area (Å²) in [5, 5.41) is 4.55. The van der Waals surface area contributed by atoms with Gasteiger partial charge in [0.05, 0.1) is 15.9 Å². The van der Waals surface area contributed by atoms with E-state index in [1.54, 1.807) is 16.3 Å². The minimum atomic E-state index is -0.0832. The molecule has 0 atom stereocenters. The fraction of sp³-hybridized carbons (Fsp3) is 0.400. The molecular formula is C10H11BrN2O2S. The van der Waals surface area contributed by atoms with E-state index < -0.39 is 0 Å². The van der Waals surface area contributed by atoms with Crippen LogP contribution in [0.5, 0.6) is 0 Å². The summed E-state index contributed by atoms with van der Waals surface area (Å²) in [5.41, 5.74) is 0.645. The second-order valence-corrected chi connectivity index (χ2v) is 5.86. The maximum absolute atomic E-state index is 12.0. The van der Waals surface area contributed by atoms with Crippen LogP contribution in [0.3, 0.4) is 0 Å². The lowest BCUT2D eigenvalue weighted by atomic mass is 10.3. The molecule has 1 N–H and O–H groups in total. The Morgan fingerprint density at radius 3 is 3.06 bits per heavy atom. The van der Waals surface area contributed by atoms with Crippen molar-refractivity contribution in [3.8, 4) is 0 Å². The lowest BCUT2D eigenvalue weighted by molar-refractivity contribution is -0.121. The summed E-state index contributed by atoms with van der Waals surface area (Å²) in [6, 6.07) is 1.79. The number of rotatable bonds is 1. The molecule has 0 aromatic carbocycles. The van der Waals surface area contributed by atoms with Gasteiger partial charge in [-0.3, -0.25) is 9.59 Å². The average molecular weight is 303 g/mol. The molecule has 1 aromatic heterocycles. The summed E-state index contributed by atoms with van der Waals surface area (Å²) in [4.78, 5) is 25.0. The van der Waals surface area contributed by atoms with Gasteiger partial charge in [0.2, 0.25) is 5.91 Å². The molecule has 2 heterocycles. The van der Waals surface area contributed by atoms with Crippen LogP contribution in [0.4, 0.5) is 0 Å². The first-order valence-corrected chi connectivity index (χ1v) is 6.64. The van der Waals surface area contributed by atoms with Crippen LogP contribution in [0, 0.1) is 0 Å². The highest BCUT2D eigenvalue weighted by Crippen LogP contribution is 2.21. The largest absolute Gasteiger partial charge is 0.354 e. The quantitative estimate of drug-likeness (QED) is 0.854. The van der Waals surface area contributed by atoms with Crippen LogP contribution in [-0.4, -0.2) is 36.3 Å². The summed E-state index contributed by atoms with van der Waals surface area (Å²) in [6.45, 7) is 1.44. The number of carbonyl (C=O) groups is 2. The van der Waals surface area contributed by atoms with Crippen molar-refractivity contribution < 1.29 is 9.59 Å². The van der Waals surface area contributed by atoms with Crippen molar-refractivity contribution in [3.05, 3.63) is 20.8 Å². The lowest BCUT2D eigenvalue weighted by Gasteiger charge is -2.17. The molecule has 0 saturated carbocycles. The van der Waals surface area contributed by atoms with Crippen molar-refractivity contribution in [2.75, 3.05) is 19.6 Å². The number of hydrogen-bond acceptors (Lipinski definition) is 3. The van der Waals surface area contributed by atoms with E-state index in [-0.39, 0.29) is 18.4 Å². The lowest BCUT2D eigenvalue weighted by Crippen LogP contribution is -2.37. The number of halogens is 1. The molecule has 1 aliphatic rings. The smallest absolute Gasteiger partial charge is 0.255 e. The van der Waals surface area contributed by atoms with E-state index in [2.05, 4.69) is 21.2 Å². The molecule has 2 rings (SSSR count).